The van der Waals surface area contributed by atoms with E-state index in [1.54, 1.807) is 4.90 Å². The topological polar surface area (TPSA) is 78.9 Å². The Morgan fingerprint density at radius 1 is 1.53 bits per heavy atom. The van der Waals surface area contributed by atoms with Gasteiger partial charge < -0.3 is 20.1 Å². The average Bonchev–Trinajstić information content (AvgIpc) is 2.42. The normalized spacial score (nSPS) is 20.9. The van der Waals surface area contributed by atoms with E-state index in [4.69, 9.17) is 9.84 Å². The number of hydrogen-bond acceptors (Lipinski definition) is 3. The molecule has 110 valence electrons. The zero-order chi connectivity index (χ0) is 14.3. The molecule has 0 spiro atoms. The molecule has 1 aliphatic heterocycles. The lowest BCUT2D eigenvalue weighted by Crippen LogP contribution is -2.50. The summed E-state index contributed by atoms with van der Waals surface area (Å²) in [4.78, 5) is 24.2. The second kappa shape index (κ2) is 7.99. The highest BCUT2D eigenvalue weighted by molar-refractivity contribution is 5.74. The van der Waals surface area contributed by atoms with Crippen LogP contribution in [0, 0.1) is 5.92 Å². The summed E-state index contributed by atoms with van der Waals surface area (Å²) in [5.74, 6) is -0.625. The second-order valence-electron chi connectivity index (χ2n) is 5.07. The van der Waals surface area contributed by atoms with Crippen molar-refractivity contribution in [2.75, 3.05) is 26.2 Å². The minimum atomic E-state index is -0.794. The number of amides is 2. The molecule has 19 heavy (non-hydrogen) atoms. The standard InChI is InChI=1S/C13H24N2O4/c1-3-11-9-15(6-7-19-11)13(18)14-8-10(2)4-5-12(16)17/h10-11H,3-9H2,1-2H3,(H,14,18)(H,16,17). The van der Waals surface area contributed by atoms with Gasteiger partial charge in [-0.1, -0.05) is 13.8 Å². The van der Waals surface area contributed by atoms with Crippen molar-refractivity contribution >= 4 is 12.0 Å². The molecule has 0 radical (unpaired) electrons. The predicted molar refractivity (Wildman–Crippen MR) is 71.0 cm³/mol. The number of carbonyl (C=O) groups is 2. The van der Waals surface area contributed by atoms with Crippen LogP contribution in [0.15, 0.2) is 0 Å². The Morgan fingerprint density at radius 2 is 2.26 bits per heavy atom. The molecule has 0 aromatic rings. The van der Waals surface area contributed by atoms with Crippen molar-refractivity contribution in [1.82, 2.24) is 10.2 Å². The van der Waals surface area contributed by atoms with Crippen molar-refractivity contribution < 1.29 is 19.4 Å². The molecular weight excluding hydrogens is 248 g/mol. The van der Waals surface area contributed by atoms with E-state index < -0.39 is 5.97 Å². The second-order valence-corrected chi connectivity index (χ2v) is 5.07. The first kappa shape index (κ1) is 15.8. The Labute approximate surface area is 114 Å². The van der Waals surface area contributed by atoms with Gasteiger partial charge in [0, 0.05) is 26.1 Å². The molecule has 0 saturated carbocycles. The molecule has 1 aliphatic rings. The van der Waals surface area contributed by atoms with Gasteiger partial charge in [0.05, 0.1) is 12.7 Å². The van der Waals surface area contributed by atoms with Crippen LogP contribution in [0.5, 0.6) is 0 Å². The third-order valence-corrected chi connectivity index (χ3v) is 3.33. The van der Waals surface area contributed by atoms with Crippen molar-refractivity contribution in [1.29, 1.82) is 0 Å². The van der Waals surface area contributed by atoms with E-state index in [9.17, 15) is 9.59 Å². The van der Waals surface area contributed by atoms with E-state index >= 15 is 0 Å². The number of morpholine rings is 1. The van der Waals surface area contributed by atoms with Gasteiger partial charge in [-0.15, -0.1) is 0 Å². The highest BCUT2D eigenvalue weighted by Gasteiger charge is 2.23. The minimum Gasteiger partial charge on any atom is -0.481 e. The van der Waals surface area contributed by atoms with Gasteiger partial charge in [-0.2, -0.15) is 0 Å². The molecule has 0 aromatic carbocycles. The van der Waals surface area contributed by atoms with Gasteiger partial charge in [0.1, 0.15) is 0 Å². The fourth-order valence-electron chi connectivity index (χ4n) is 2.00. The summed E-state index contributed by atoms with van der Waals surface area (Å²) >= 11 is 0. The first-order chi connectivity index (χ1) is 9.02. The fourth-order valence-corrected chi connectivity index (χ4v) is 2.00. The number of carboxylic acids is 1. The van der Waals surface area contributed by atoms with Gasteiger partial charge in [-0.3, -0.25) is 4.79 Å². The lowest BCUT2D eigenvalue weighted by molar-refractivity contribution is -0.137. The van der Waals surface area contributed by atoms with E-state index in [1.165, 1.54) is 0 Å². The fraction of sp³-hybridized carbons (Fsp3) is 0.846. The number of nitrogens with zero attached hydrogens (tertiary/aromatic N) is 1. The monoisotopic (exact) mass is 272 g/mol. The van der Waals surface area contributed by atoms with Crippen molar-refractivity contribution in [2.24, 2.45) is 5.92 Å². The van der Waals surface area contributed by atoms with Gasteiger partial charge in [0.25, 0.3) is 0 Å². The summed E-state index contributed by atoms with van der Waals surface area (Å²) in [5.41, 5.74) is 0. The number of hydrogen-bond donors (Lipinski definition) is 2. The maximum Gasteiger partial charge on any atom is 0.317 e. The van der Waals surface area contributed by atoms with E-state index in [2.05, 4.69) is 5.32 Å². The first-order valence-electron chi connectivity index (χ1n) is 6.89. The number of carboxylic acid groups (broad SMARTS) is 1. The van der Waals surface area contributed by atoms with E-state index in [-0.39, 0.29) is 24.5 Å². The van der Waals surface area contributed by atoms with Crippen LogP contribution in [0.2, 0.25) is 0 Å². The number of urea groups is 1. The Hall–Kier alpha value is -1.30. The quantitative estimate of drug-likeness (QED) is 0.764. The van der Waals surface area contributed by atoms with E-state index in [0.29, 0.717) is 32.7 Å². The molecule has 1 heterocycles. The van der Waals surface area contributed by atoms with Gasteiger partial charge in [-0.25, -0.2) is 4.79 Å². The van der Waals surface area contributed by atoms with Crippen molar-refractivity contribution in [3.8, 4) is 0 Å². The molecule has 1 saturated heterocycles. The largest absolute Gasteiger partial charge is 0.481 e. The molecule has 0 aromatic heterocycles. The Bertz CT molecular complexity index is 309. The zero-order valence-electron chi connectivity index (χ0n) is 11.7. The molecule has 1 fully saturated rings. The smallest absolute Gasteiger partial charge is 0.317 e. The maximum absolute atomic E-state index is 11.9. The van der Waals surface area contributed by atoms with E-state index in [0.717, 1.165) is 6.42 Å². The van der Waals surface area contributed by atoms with Crippen LogP contribution in [-0.4, -0.2) is 54.4 Å². The molecular formula is C13H24N2O4. The Kier molecular flexibility index (Phi) is 6.62. The van der Waals surface area contributed by atoms with Gasteiger partial charge in [0.2, 0.25) is 0 Å². The van der Waals surface area contributed by atoms with Crippen LogP contribution in [0.1, 0.15) is 33.1 Å². The van der Waals surface area contributed by atoms with Gasteiger partial charge in [0.15, 0.2) is 0 Å². The highest BCUT2D eigenvalue weighted by Crippen LogP contribution is 2.09. The zero-order valence-corrected chi connectivity index (χ0v) is 11.7. The minimum absolute atomic E-state index is 0.0797. The molecule has 6 heteroatoms. The summed E-state index contributed by atoms with van der Waals surface area (Å²) < 4.78 is 5.51. The maximum atomic E-state index is 11.9. The summed E-state index contributed by atoms with van der Waals surface area (Å²) in [6.07, 6.45) is 1.76. The number of carbonyl (C=O) groups excluding carboxylic acids is 1. The van der Waals surface area contributed by atoms with Gasteiger partial charge >= 0.3 is 12.0 Å². The van der Waals surface area contributed by atoms with Crippen LogP contribution in [0.25, 0.3) is 0 Å². The molecule has 0 aliphatic carbocycles. The number of ether oxygens (including phenoxy) is 1. The lowest BCUT2D eigenvalue weighted by Gasteiger charge is -2.32. The van der Waals surface area contributed by atoms with Gasteiger partial charge in [-0.05, 0) is 18.8 Å². The number of rotatable bonds is 6. The van der Waals surface area contributed by atoms with Crippen LogP contribution in [0.3, 0.4) is 0 Å². The van der Waals surface area contributed by atoms with Crippen LogP contribution in [0.4, 0.5) is 4.79 Å². The molecule has 6 nitrogen and oxygen atoms in total. The SMILES string of the molecule is CCC1CN(C(=O)NCC(C)CCC(=O)O)CCO1. The summed E-state index contributed by atoms with van der Waals surface area (Å²) in [7, 11) is 0. The van der Waals surface area contributed by atoms with E-state index in [1.807, 2.05) is 13.8 Å². The molecule has 2 N–H and O–H groups in total. The Morgan fingerprint density at radius 3 is 2.89 bits per heavy atom. The van der Waals surface area contributed by atoms with Crippen LogP contribution < -0.4 is 5.32 Å². The lowest BCUT2D eigenvalue weighted by atomic mass is 10.1. The van der Waals surface area contributed by atoms with Crippen molar-refractivity contribution in [3.63, 3.8) is 0 Å². The Balaban J connectivity index is 2.24. The van der Waals surface area contributed by atoms with Crippen LogP contribution >= 0.6 is 0 Å². The third-order valence-electron chi connectivity index (χ3n) is 3.33. The molecule has 2 amide bonds. The summed E-state index contributed by atoms with van der Waals surface area (Å²) in [6, 6.07) is -0.0797. The molecule has 2 unspecified atom stereocenters. The number of aliphatic carboxylic acids is 1. The average molecular weight is 272 g/mol. The van der Waals surface area contributed by atoms with Crippen molar-refractivity contribution in [2.45, 2.75) is 39.2 Å². The van der Waals surface area contributed by atoms with Crippen molar-refractivity contribution in [3.05, 3.63) is 0 Å². The first-order valence-corrected chi connectivity index (χ1v) is 6.89. The molecule has 1 rings (SSSR count). The number of nitrogens with one attached hydrogen (secondary N) is 1. The highest BCUT2D eigenvalue weighted by atomic mass is 16.5. The molecule has 2 atom stereocenters. The molecule has 0 bridgehead atoms. The summed E-state index contributed by atoms with van der Waals surface area (Å²) in [6.45, 7) is 6.33. The predicted octanol–water partition coefficient (Wildman–Crippen LogP) is 1.31. The van der Waals surface area contributed by atoms with Crippen LogP contribution in [-0.2, 0) is 9.53 Å². The summed E-state index contributed by atoms with van der Waals surface area (Å²) in [5, 5.41) is 11.4. The third kappa shape index (κ3) is 5.92.